The van der Waals surface area contributed by atoms with Crippen molar-refractivity contribution in [2.45, 2.75) is 72.3 Å². The molecule has 0 radical (unpaired) electrons. The number of amides is 2. The number of anilines is 1. The second-order valence-corrected chi connectivity index (χ2v) is 8.57. The van der Waals surface area contributed by atoms with Crippen LogP contribution in [0.25, 0.3) is 0 Å². The molecule has 1 aliphatic rings. The second-order valence-electron chi connectivity index (χ2n) is 8.57. The average Bonchev–Trinajstić information content (AvgIpc) is 2.63. The average molecular weight is 375 g/mol. The van der Waals surface area contributed by atoms with Gasteiger partial charge in [0.2, 0.25) is 0 Å². The Balaban J connectivity index is 1.76. The van der Waals surface area contributed by atoms with Crippen LogP contribution < -0.4 is 15.4 Å². The standard InChI is InChI=1S/C22H34N2O3/c1-5-6-15-27-19-13-11-18(12-14-19)24-21(26)20(25)23-17-9-7-16(8-10-17)22(2,3)4/h11-14,16-17H,5-10,15H2,1-4H3,(H,23,25)(H,24,26). The molecule has 150 valence electrons. The van der Waals surface area contributed by atoms with Gasteiger partial charge in [-0.25, -0.2) is 0 Å². The summed E-state index contributed by atoms with van der Waals surface area (Å²) in [5.41, 5.74) is 0.896. The van der Waals surface area contributed by atoms with E-state index in [0.717, 1.165) is 44.3 Å². The molecule has 1 aromatic carbocycles. The Morgan fingerprint density at radius 2 is 1.67 bits per heavy atom. The van der Waals surface area contributed by atoms with Gasteiger partial charge in [-0.2, -0.15) is 0 Å². The number of hydrogen-bond acceptors (Lipinski definition) is 3. The minimum atomic E-state index is -0.618. The third kappa shape index (κ3) is 6.89. The summed E-state index contributed by atoms with van der Waals surface area (Å²) in [6, 6.07) is 7.20. The number of unbranched alkanes of at least 4 members (excludes halogenated alkanes) is 1. The largest absolute Gasteiger partial charge is 0.494 e. The quantitative estimate of drug-likeness (QED) is 0.568. The van der Waals surface area contributed by atoms with Gasteiger partial charge in [-0.05, 0) is 67.7 Å². The van der Waals surface area contributed by atoms with Gasteiger partial charge in [0, 0.05) is 11.7 Å². The van der Waals surface area contributed by atoms with Crippen molar-refractivity contribution in [3.8, 4) is 5.75 Å². The Labute approximate surface area is 163 Å². The van der Waals surface area contributed by atoms with E-state index in [0.29, 0.717) is 23.6 Å². The Kier molecular flexibility index (Phi) is 7.69. The van der Waals surface area contributed by atoms with Crippen molar-refractivity contribution in [3.63, 3.8) is 0 Å². The van der Waals surface area contributed by atoms with Crippen LogP contribution in [0.2, 0.25) is 0 Å². The summed E-state index contributed by atoms with van der Waals surface area (Å²) < 4.78 is 5.59. The van der Waals surface area contributed by atoms with E-state index < -0.39 is 11.8 Å². The van der Waals surface area contributed by atoms with Gasteiger partial charge in [0.05, 0.1) is 6.61 Å². The van der Waals surface area contributed by atoms with Crippen molar-refractivity contribution in [1.82, 2.24) is 5.32 Å². The van der Waals surface area contributed by atoms with E-state index >= 15 is 0 Å². The van der Waals surface area contributed by atoms with Crippen molar-refractivity contribution in [2.75, 3.05) is 11.9 Å². The molecule has 1 aliphatic carbocycles. The molecule has 0 heterocycles. The van der Waals surface area contributed by atoms with Crippen LogP contribution in [0.3, 0.4) is 0 Å². The van der Waals surface area contributed by atoms with Crippen LogP contribution in [0.5, 0.6) is 5.75 Å². The third-order valence-electron chi connectivity index (χ3n) is 5.37. The van der Waals surface area contributed by atoms with Crippen LogP contribution in [-0.4, -0.2) is 24.5 Å². The van der Waals surface area contributed by atoms with Gasteiger partial charge in [0.15, 0.2) is 0 Å². The molecule has 0 unspecified atom stereocenters. The van der Waals surface area contributed by atoms with Gasteiger partial charge in [0.25, 0.3) is 0 Å². The molecule has 5 nitrogen and oxygen atoms in total. The topological polar surface area (TPSA) is 67.4 Å². The lowest BCUT2D eigenvalue weighted by Crippen LogP contribution is -2.44. The molecular formula is C22H34N2O3. The van der Waals surface area contributed by atoms with Gasteiger partial charge < -0.3 is 15.4 Å². The molecule has 2 amide bonds. The second kappa shape index (κ2) is 9.77. The summed E-state index contributed by atoms with van der Waals surface area (Å²) in [5, 5.41) is 5.53. The van der Waals surface area contributed by atoms with Gasteiger partial charge in [-0.1, -0.05) is 34.1 Å². The first-order valence-electron chi connectivity index (χ1n) is 10.1. The number of benzene rings is 1. The van der Waals surface area contributed by atoms with Gasteiger partial charge in [-0.15, -0.1) is 0 Å². The Hall–Kier alpha value is -2.04. The van der Waals surface area contributed by atoms with Gasteiger partial charge in [0.1, 0.15) is 5.75 Å². The minimum absolute atomic E-state index is 0.0937. The Morgan fingerprint density at radius 1 is 1.04 bits per heavy atom. The molecule has 0 aromatic heterocycles. The monoisotopic (exact) mass is 374 g/mol. The summed E-state index contributed by atoms with van der Waals surface area (Å²) in [4.78, 5) is 24.3. The highest BCUT2D eigenvalue weighted by Gasteiger charge is 2.30. The highest BCUT2D eigenvalue weighted by atomic mass is 16.5. The predicted octanol–water partition coefficient (Wildman–Crippen LogP) is 4.53. The maximum Gasteiger partial charge on any atom is 0.313 e. The molecule has 0 saturated heterocycles. The highest BCUT2D eigenvalue weighted by Crippen LogP contribution is 2.37. The van der Waals surface area contributed by atoms with Crippen LogP contribution in [0.15, 0.2) is 24.3 Å². The van der Waals surface area contributed by atoms with E-state index in [1.807, 2.05) is 0 Å². The maximum absolute atomic E-state index is 12.2. The van der Waals surface area contributed by atoms with Crippen molar-refractivity contribution in [1.29, 1.82) is 0 Å². The Morgan fingerprint density at radius 3 is 2.22 bits per heavy atom. The molecule has 0 atom stereocenters. The minimum Gasteiger partial charge on any atom is -0.494 e. The molecule has 2 N–H and O–H groups in total. The first-order chi connectivity index (χ1) is 12.8. The summed E-state index contributed by atoms with van der Waals surface area (Å²) in [6.07, 6.45) is 6.15. The highest BCUT2D eigenvalue weighted by molar-refractivity contribution is 6.39. The number of carbonyl (C=O) groups excluding carboxylic acids is 2. The van der Waals surface area contributed by atoms with E-state index in [4.69, 9.17) is 4.74 Å². The lowest BCUT2D eigenvalue weighted by molar-refractivity contribution is -0.136. The number of rotatable bonds is 6. The summed E-state index contributed by atoms with van der Waals surface area (Å²) in [6.45, 7) is 9.60. The zero-order valence-corrected chi connectivity index (χ0v) is 17.1. The normalized spacial score (nSPS) is 20.0. The fourth-order valence-electron chi connectivity index (χ4n) is 3.51. The lowest BCUT2D eigenvalue weighted by atomic mass is 9.71. The molecule has 1 aromatic rings. The van der Waals surface area contributed by atoms with Crippen molar-refractivity contribution >= 4 is 17.5 Å². The third-order valence-corrected chi connectivity index (χ3v) is 5.37. The fourth-order valence-corrected chi connectivity index (χ4v) is 3.51. The zero-order valence-electron chi connectivity index (χ0n) is 17.1. The van der Waals surface area contributed by atoms with E-state index in [9.17, 15) is 9.59 Å². The summed E-state index contributed by atoms with van der Waals surface area (Å²) in [5.74, 6) is 0.268. The van der Waals surface area contributed by atoms with E-state index in [2.05, 4.69) is 38.3 Å². The number of carbonyl (C=O) groups is 2. The van der Waals surface area contributed by atoms with E-state index in [1.165, 1.54) is 0 Å². The first kappa shape index (κ1) is 21.3. The molecule has 0 aliphatic heterocycles. The molecule has 27 heavy (non-hydrogen) atoms. The van der Waals surface area contributed by atoms with Crippen molar-refractivity contribution < 1.29 is 14.3 Å². The van der Waals surface area contributed by atoms with Gasteiger partial charge in [-0.3, -0.25) is 9.59 Å². The van der Waals surface area contributed by atoms with Gasteiger partial charge >= 0.3 is 11.8 Å². The number of hydrogen-bond donors (Lipinski definition) is 2. The molecule has 0 spiro atoms. The fraction of sp³-hybridized carbons (Fsp3) is 0.636. The molecule has 0 bridgehead atoms. The van der Waals surface area contributed by atoms with Crippen LogP contribution in [0.1, 0.15) is 66.2 Å². The van der Waals surface area contributed by atoms with Crippen molar-refractivity contribution in [2.24, 2.45) is 11.3 Å². The SMILES string of the molecule is CCCCOc1ccc(NC(=O)C(=O)NC2CCC(C(C)(C)C)CC2)cc1. The van der Waals surface area contributed by atoms with Crippen LogP contribution >= 0.6 is 0 Å². The van der Waals surface area contributed by atoms with E-state index in [1.54, 1.807) is 24.3 Å². The van der Waals surface area contributed by atoms with Crippen LogP contribution in [-0.2, 0) is 9.59 Å². The van der Waals surface area contributed by atoms with E-state index in [-0.39, 0.29) is 6.04 Å². The number of ether oxygens (including phenoxy) is 1. The molecule has 1 saturated carbocycles. The van der Waals surface area contributed by atoms with Crippen LogP contribution in [0, 0.1) is 11.3 Å². The summed E-state index contributed by atoms with van der Waals surface area (Å²) >= 11 is 0. The first-order valence-corrected chi connectivity index (χ1v) is 10.1. The zero-order chi connectivity index (χ0) is 19.9. The molecule has 5 heteroatoms. The smallest absolute Gasteiger partial charge is 0.313 e. The summed E-state index contributed by atoms with van der Waals surface area (Å²) in [7, 11) is 0. The van der Waals surface area contributed by atoms with Crippen molar-refractivity contribution in [3.05, 3.63) is 24.3 Å². The maximum atomic E-state index is 12.2. The lowest BCUT2D eigenvalue weighted by Gasteiger charge is -2.37. The Bertz CT molecular complexity index is 611. The van der Waals surface area contributed by atoms with Crippen LogP contribution in [0.4, 0.5) is 5.69 Å². The predicted molar refractivity (Wildman–Crippen MR) is 109 cm³/mol. The number of nitrogens with one attached hydrogen (secondary N) is 2. The molecule has 2 rings (SSSR count). The molecular weight excluding hydrogens is 340 g/mol. The molecule has 1 fully saturated rings.